The molecule has 2 unspecified atom stereocenters. The number of aromatic nitrogens is 2. The second kappa shape index (κ2) is 5.89. The lowest BCUT2D eigenvalue weighted by Crippen LogP contribution is -2.14. The van der Waals surface area contributed by atoms with Crippen LogP contribution in [-0.2, 0) is 17.6 Å². The fourth-order valence-corrected chi connectivity index (χ4v) is 3.41. The summed E-state index contributed by atoms with van der Waals surface area (Å²) in [6.45, 7) is 2.95. The van der Waals surface area contributed by atoms with E-state index in [1.54, 1.807) is 7.11 Å². The molecule has 20 heavy (non-hydrogen) atoms. The van der Waals surface area contributed by atoms with Crippen LogP contribution in [0, 0.1) is 5.92 Å². The monoisotopic (exact) mass is 289 g/mol. The predicted octanol–water partition coefficient (Wildman–Crippen LogP) is 3.07. The third-order valence-electron chi connectivity index (χ3n) is 3.78. The van der Waals surface area contributed by atoms with Crippen LogP contribution in [-0.4, -0.2) is 23.1 Å². The molecule has 1 aromatic heterocycles. The molecule has 1 aliphatic rings. The molecule has 1 aromatic carbocycles. The second-order valence-corrected chi connectivity index (χ2v) is 6.01. The van der Waals surface area contributed by atoms with Crippen LogP contribution in [0.4, 0.5) is 5.13 Å². The van der Waals surface area contributed by atoms with Gasteiger partial charge in [-0.1, -0.05) is 31.2 Å². The molecule has 1 heterocycles. The van der Waals surface area contributed by atoms with Gasteiger partial charge in [-0.2, -0.15) is 4.37 Å². The van der Waals surface area contributed by atoms with Gasteiger partial charge >= 0.3 is 0 Å². The Morgan fingerprint density at radius 1 is 1.40 bits per heavy atom. The van der Waals surface area contributed by atoms with Crippen LogP contribution in [0.5, 0.6) is 0 Å². The van der Waals surface area contributed by atoms with E-state index in [1.807, 2.05) is 0 Å². The van der Waals surface area contributed by atoms with Crippen molar-refractivity contribution in [2.75, 3.05) is 19.0 Å². The molecule has 0 amide bonds. The third-order valence-corrected chi connectivity index (χ3v) is 4.46. The highest BCUT2D eigenvalue weighted by molar-refractivity contribution is 7.09. The number of nitrogens with one attached hydrogen (secondary N) is 1. The molecule has 106 valence electrons. The highest BCUT2D eigenvalue weighted by atomic mass is 32.1. The summed E-state index contributed by atoms with van der Waals surface area (Å²) in [4.78, 5) is 4.53. The number of fused-ring (bicyclic) bond motifs is 1. The molecule has 0 bridgehead atoms. The number of ether oxygens (including phenoxy) is 1. The van der Waals surface area contributed by atoms with Crippen LogP contribution in [0.25, 0.3) is 0 Å². The average molecular weight is 289 g/mol. The lowest BCUT2D eigenvalue weighted by Gasteiger charge is -2.17. The van der Waals surface area contributed by atoms with Crippen molar-refractivity contribution < 1.29 is 4.74 Å². The van der Waals surface area contributed by atoms with Gasteiger partial charge in [-0.3, -0.25) is 0 Å². The summed E-state index contributed by atoms with van der Waals surface area (Å²) in [5.41, 5.74) is 2.84. The molecule has 2 atom stereocenters. The molecule has 4 nitrogen and oxygen atoms in total. The van der Waals surface area contributed by atoms with E-state index in [2.05, 4.69) is 45.9 Å². The fraction of sp³-hybridized carbons (Fsp3) is 0.467. The van der Waals surface area contributed by atoms with E-state index in [4.69, 9.17) is 4.74 Å². The summed E-state index contributed by atoms with van der Waals surface area (Å²) in [5, 5.41) is 4.45. The minimum Gasteiger partial charge on any atom is -0.384 e. The molecule has 2 aromatic rings. The number of hydrogen-bond acceptors (Lipinski definition) is 5. The molecule has 0 saturated heterocycles. The first-order valence-corrected chi connectivity index (χ1v) is 7.71. The minimum absolute atomic E-state index is 0.342. The predicted molar refractivity (Wildman–Crippen MR) is 81.2 cm³/mol. The van der Waals surface area contributed by atoms with Crippen LogP contribution >= 0.6 is 11.5 Å². The molecule has 0 saturated carbocycles. The molecular formula is C15H19N3OS. The van der Waals surface area contributed by atoms with Crippen LogP contribution in [0.3, 0.4) is 0 Å². The van der Waals surface area contributed by atoms with E-state index >= 15 is 0 Å². The number of nitrogens with zero attached hydrogens (tertiary/aromatic N) is 2. The van der Waals surface area contributed by atoms with Gasteiger partial charge in [0.15, 0.2) is 0 Å². The number of methoxy groups -OCH3 is 1. The minimum atomic E-state index is 0.342. The molecule has 0 aliphatic heterocycles. The van der Waals surface area contributed by atoms with E-state index in [9.17, 15) is 0 Å². The molecule has 0 fully saturated rings. The van der Waals surface area contributed by atoms with Crippen molar-refractivity contribution in [3.05, 3.63) is 41.2 Å². The van der Waals surface area contributed by atoms with Crippen LogP contribution < -0.4 is 5.32 Å². The lowest BCUT2D eigenvalue weighted by atomic mass is 10.0. The Kier molecular flexibility index (Phi) is 3.98. The molecule has 0 radical (unpaired) electrons. The number of anilines is 1. The summed E-state index contributed by atoms with van der Waals surface area (Å²) < 4.78 is 9.42. The molecule has 3 rings (SSSR count). The van der Waals surface area contributed by atoms with Crippen LogP contribution in [0.1, 0.15) is 29.9 Å². The maximum Gasteiger partial charge on any atom is 0.203 e. The van der Waals surface area contributed by atoms with Crippen molar-refractivity contribution >= 4 is 16.7 Å². The van der Waals surface area contributed by atoms with Gasteiger partial charge in [0.2, 0.25) is 5.13 Å². The smallest absolute Gasteiger partial charge is 0.203 e. The van der Waals surface area contributed by atoms with Crippen molar-refractivity contribution in [3.63, 3.8) is 0 Å². The Hall–Kier alpha value is -1.46. The Morgan fingerprint density at radius 2 is 2.25 bits per heavy atom. The summed E-state index contributed by atoms with van der Waals surface area (Å²) >= 11 is 1.44. The Morgan fingerprint density at radius 3 is 3.10 bits per heavy atom. The molecule has 0 spiro atoms. The Labute approximate surface area is 123 Å². The zero-order valence-corrected chi connectivity index (χ0v) is 12.6. The highest BCUT2D eigenvalue weighted by Crippen LogP contribution is 2.38. The zero-order valence-electron chi connectivity index (χ0n) is 11.8. The van der Waals surface area contributed by atoms with E-state index in [0.717, 1.165) is 23.8 Å². The largest absolute Gasteiger partial charge is 0.384 e. The van der Waals surface area contributed by atoms with Gasteiger partial charge in [0.1, 0.15) is 5.82 Å². The van der Waals surface area contributed by atoms with Gasteiger partial charge in [0, 0.05) is 25.1 Å². The molecule has 5 heteroatoms. The van der Waals surface area contributed by atoms with Gasteiger partial charge in [-0.05, 0) is 23.5 Å². The maximum atomic E-state index is 5.06. The zero-order chi connectivity index (χ0) is 13.9. The van der Waals surface area contributed by atoms with Crippen molar-refractivity contribution in [2.45, 2.75) is 25.8 Å². The first-order chi connectivity index (χ1) is 9.78. The first-order valence-electron chi connectivity index (χ1n) is 6.94. The second-order valence-electron chi connectivity index (χ2n) is 5.26. The van der Waals surface area contributed by atoms with Crippen molar-refractivity contribution in [3.8, 4) is 0 Å². The van der Waals surface area contributed by atoms with Crippen molar-refractivity contribution in [1.82, 2.24) is 9.36 Å². The van der Waals surface area contributed by atoms with Gasteiger partial charge in [-0.15, -0.1) is 0 Å². The van der Waals surface area contributed by atoms with Gasteiger partial charge in [0.25, 0.3) is 0 Å². The lowest BCUT2D eigenvalue weighted by molar-refractivity contribution is 0.201. The van der Waals surface area contributed by atoms with Crippen LogP contribution in [0.15, 0.2) is 24.3 Å². The van der Waals surface area contributed by atoms with Crippen molar-refractivity contribution in [2.24, 2.45) is 5.92 Å². The number of hydrogen-bond donors (Lipinski definition) is 1. The van der Waals surface area contributed by atoms with E-state index in [1.165, 1.54) is 22.7 Å². The van der Waals surface area contributed by atoms with Crippen molar-refractivity contribution in [1.29, 1.82) is 0 Å². The average Bonchev–Trinajstić information content (AvgIpc) is 3.02. The van der Waals surface area contributed by atoms with E-state index in [-0.39, 0.29) is 0 Å². The topological polar surface area (TPSA) is 47.0 Å². The number of rotatable bonds is 5. The standard InChI is InChI=1S/C15H19N3OS/c1-10-9-11-5-3-4-6-12(11)14(10)17-15-16-13(18-20-15)7-8-19-2/h3-6,10,14H,7-9H2,1-2H3,(H,16,17,18). The van der Waals surface area contributed by atoms with Gasteiger partial charge in [-0.25, -0.2) is 4.98 Å². The molecular weight excluding hydrogens is 270 g/mol. The fourth-order valence-electron chi connectivity index (χ4n) is 2.76. The van der Waals surface area contributed by atoms with Crippen LogP contribution in [0.2, 0.25) is 0 Å². The molecule has 1 N–H and O–H groups in total. The summed E-state index contributed by atoms with van der Waals surface area (Å²) in [7, 11) is 1.70. The summed E-state index contributed by atoms with van der Waals surface area (Å²) in [6, 6.07) is 8.99. The SMILES string of the molecule is COCCc1nsc(NC2c3ccccc3CC2C)n1. The third kappa shape index (κ3) is 2.69. The summed E-state index contributed by atoms with van der Waals surface area (Å²) in [5.74, 6) is 1.44. The highest BCUT2D eigenvalue weighted by Gasteiger charge is 2.29. The Bertz CT molecular complexity index is 584. The number of benzene rings is 1. The quantitative estimate of drug-likeness (QED) is 0.919. The molecule has 1 aliphatic carbocycles. The maximum absolute atomic E-state index is 5.06. The van der Waals surface area contributed by atoms with E-state index < -0.39 is 0 Å². The van der Waals surface area contributed by atoms with Gasteiger partial charge in [0.05, 0.1) is 12.6 Å². The Balaban J connectivity index is 1.73. The normalized spacial score (nSPS) is 20.9. The van der Waals surface area contributed by atoms with Gasteiger partial charge < -0.3 is 10.1 Å². The summed E-state index contributed by atoms with van der Waals surface area (Å²) in [6.07, 6.45) is 1.90. The first kappa shape index (κ1) is 13.5. The van der Waals surface area contributed by atoms with E-state index in [0.29, 0.717) is 18.6 Å².